The molecular weight excluding hydrogens is 294 g/mol. The second-order valence-electron chi connectivity index (χ2n) is 5.53. The van der Waals surface area contributed by atoms with Crippen LogP contribution in [-0.4, -0.2) is 38.1 Å². The Labute approximate surface area is 132 Å². The number of nitrogens with one attached hydrogen (secondary N) is 1. The molecule has 1 aliphatic heterocycles. The first-order valence-electron chi connectivity index (χ1n) is 7.40. The predicted octanol–water partition coefficient (Wildman–Crippen LogP) is 1.17. The van der Waals surface area contributed by atoms with Gasteiger partial charge in [0.2, 0.25) is 5.82 Å². The van der Waals surface area contributed by atoms with Gasteiger partial charge < -0.3 is 10.1 Å². The molecule has 4 rings (SSSR count). The number of hydrogen-bond acceptors (Lipinski definition) is 5. The molecule has 0 saturated carbocycles. The van der Waals surface area contributed by atoms with E-state index in [9.17, 15) is 4.79 Å². The van der Waals surface area contributed by atoms with E-state index in [4.69, 9.17) is 4.74 Å². The summed E-state index contributed by atoms with van der Waals surface area (Å²) in [6.07, 6.45) is 2.37. The van der Waals surface area contributed by atoms with Gasteiger partial charge in [0.05, 0.1) is 6.04 Å². The molecule has 0 spiro atoms. The summed E-state index contributed by atoms with van der Waals surface area (Å²) >= 11 is 0. The van der Waals surface area contributed by atoms with Crippen molar-refractivity contribution in [2.45, 2.75) is 19.4 Å². The van der Waals surface area contributed by atoms with Crippen molar-refractivity contribution in [2.24, 2.45) is 0 Å². The molecule has 0 saturated heterocycles. The molecule has 3 heterocycles. The second-order valence-corrected chi connectivity index (χ2v) is 5.53. The van der Waals surface area contributed by atoms with Gasteiger partial charge in [-0.1, -0.05) is 18.2 Å². The molecule has 3 aromatic rings. The van der Waals surface area contributed by atoms with Crippen molar-refractivity contribution in [2.75, 3.05) is 6.61 Å². The fraction of sp³-hybridized carbons (Fsp3) is 0.250. The van der Waals surface area contributed by atoms with E-state index < -0.39 is 0 Å². The normalized spacial score (nSPS) is 16.7. The van der Waals surface area contributed by atoms with Crippen LogP contribution in [0.4, 0.5) is 0 Å². The van der Waals surface area contributed by atoms with Crippen LogP contribution >= 0.6 is 0 Å². The number of fused-ring (bicyclic) bond motifs is 2. The lowest BCUT2D eigenvalue weighted by atomic mass is 10.0. The summed E-state index contributed by atoms with van der Waals surface area (Å²) in [6, 6.07) is 9.56. The van der Waals surface area contributed by atoms with Gasteiger partial charge in [-0.05, 0) is 31.0 Å². The zero-order valence-electron chi connectivity index (χ0n) is 12.6. The monoisotopic (exact) mass is 309 g/mol. The standard InChI is InChI=1S/C16H15N5O2/c1-10-6-7-17-16-19-14(20-21(10)16)15(22)18-12-8-11-4-2-3-5-13(11)23-9-12/h2-7,12H,8-9H2,1H3,(H,18,22). The van der Waals surface area contributed by atoms with Crippen LogP contribution in [0.2, 0.25) is 0 Å². The maximum absolute atomic E-state index is 12.4. The zero-order chi connectivity index (χ0) is 15.8. The highest BCUT2D eigenvalue weighted by Crippen LogP contribution is 2.23. The summed E-state index contributed by atoms with van der Waals surface area (Å²) in [4.78, 5) is 20.7. The lowest BCUT2D eigenvalue weighted by Gasteiger charge is -2.25. The minimum absolute atomic E-state index is 0.0990. The molecule has 1 aliphatic rings. The Kier molecular flexibility index (Phi) is 3.18. The molecular formula is C16H15N5O2. The lowest BCUT2D eigenvalue weighted by molar-refractivity contribution is 0.0905. The number of carbonyl (C=O) groups excluding carboxylic acids is 1. The Hall–Kier alpha value is -2.96. The predicted molar refractivity (Wildman–Crippen MR) is 82.4 cm³/mol. The molecule has 7 nitrogen and oxygen atoms in total. The first kappa shape index (κ1) is 13.7. The molecule has 23 heavy (non-hydrogen) atoms. The summed E-state index contributed by atoms with van der Waals surface area (Å²) < 4.78 is 7.23. The smallest absolute Gasteiger partial charge is 0.291 e. The molecule has 0 bridgehead atoms. The van der Waals surface area contributed by atoms with Crippen molar-refractivity contribution < 1.29 is 9.53 Å². The van der Waals surface area contributed by atoms with E-state index in [2.05, 4.69) is 20.4 Å². The van der Waals surface area contributed by atoms with Gasteiger partial charge in [-0.2, -0.15) is 4.98 Å². The number of aryl methyl sites for hydroxylation is 1. The van der Waals surface area contributed by atoms with Crippen molar-refractivity contribution in [3.8, 4) is 5.75 Å². The van der Waals surface area contributed by atoms with Gasteiger partial charge in [0.25, 0.3) is 11.7 Å². The van der Waals surface area contributed by atoms with Crippen LogP contribution in [-0.2, 0) is 6.42 Å². The molecule has 0 fully saturated rings. The molecule has 1 amide bonds. The van der Waals surface area contributed by atoms with Gasteiger partial charge in [-0.3, -0.25) is 4.79 Å². The third kappa shape index (κ3) is 2.50. The fourth-order valence-corrected chi connectivity index (χ4v) is 2.67. The summed E-state index contributed by atoms with van der Waals surface area (Å²) in [7, 11) is 0. The highest BCUT2D eigenvalue weighted by molar-refractivity contribution is 5.91. The highest BCUT2D eigenvalue weighted by atomic mass is 16.5. The summed E-state index contributed by atoms with van der Waals surface area (Å²) in [5.74, 6) is 1.10. The van der Waals surface area contributed by atoms with Crippen LogP contribution in [0, 0.1) is 6.92 Å². The Morgan fingerprint density at radius 1 is 1.35 bits per heavy atom. The van der Waals surface area contributed by atoms with Crippen LogP contribution in [0.1, 0.15) is 21.9 Å². The largest absolute Gasteiger partial charge is 0.491 e. The van der Waals surface area contributed by atoms with Crippen LogP contribution < -0.4 is 10.1 Å². The van der Waals surface area contributed by atoms with Crippen LogP contribution in [0.3, 0.4) is 0 Å². The minimum Gasteiger partial charge on any atom is -0.491 e. The van der Waals surface area contributed by atoms with Crippen molar-refractivity contribution in [1.82, 2.24) is 24.9 Å². The average molecular weight is 309 g/mol. The first-order valence-corrected chi connectivity index (χ1v) is 7.40. The van der Waals surface area contributed by atoms with Crippen LogP contribution in [0.5, 0.6) is 5.75 Å². The Morgan fingerprint density at radius 2 is 2.22 bits per heavy atom. The summed E-state index contributed by atoms with van der Waals surface area (Å²) in [5, 5.41) is 7.14. The van der Waals surface area contributed by atoms with E-state index in [1.807, 2.05) is 37.3 Å². The van der Waals surface area contributed by atoms with Crippen LogP contribution in [0.25, 0.3) is 5.78 Å². The van der Waals surface area contributed by atoms with E-state index >= 15 is 0 Å². The molecule has 0 radical (unpaired) electrons. The van der Waals surface area contributed by atoms with Gasteiger partial charge in [-0.25, -0.2) is 9.50 Å². The molecule has 7 heteroatoms. The summed E-state index contributed by atoms with van der Waals surface area (Å²) in [6.45, 7) is 2.32. The van der Waals surface area contributed by atoms with Gasteiger partial charge in [0, 0.05) is 11.9 Å². The molecule has 1 aromatic carbocycles. The number of para-hydroxylation sites is 1. The maximum atomic E-state index is 12.4. The number of aromatic nitrogens is 4. The lowest BCUT2D eigenvalue weighted by Crippen LogP contribution is -2.43. The molecule has 1 unspecified atom stereocenters. The van der Waals surface area contributed by atoms with E-state index in [1.165, 1.54) is 0 Å². The SMILES string of the molecule is Cc1ccnc2nc(C(=O)NC3COc4ccccc4C3)nn12. The quantitative estimate of drug-likeness (QED) is 0.768. The van der Waals surface area contributed by atoms with Gasteiger partial charge in [0.15, 0.2) is 0 Å². The molecule has 116 valence electrons. The van der Waals surface area contributed by atoms with Crippen molar-refractivity contribution in [3.05, 3.63) is 53.6 Å². The van der Waals surface area contributed by atoms with Gasteiger partial charge >= 0.3 is 0 Å². The molecule has 1 N–H and O–H groups in total. The van der Waals surface area contributed by atoms with Crippen molar-refractivity contribution >= 4 is 11.7 Å². The average Bonchev–Trinajstić information content (AvgIpc) is 3.01. The summed E-state index contributed by atoms with van der Waals surface area (Å²) in [5.41, 5.74) is 1.96. The number of hydrogen-bond donors (Lipinski definition) is 1. The number of benzene rings is 1. The van der Waals surface area contributed by atoms with Crippen LogP contribution in [0.15, 0.2) is 36.5 Å². The highest BCUT2D eigenvalue weighted by Gasteiger charge is 2.23. The topological polar surface area (TPSA) is 81.4 Å². The number of carbonyl (C=O) groups is 1. The Morgan fingerprint density at radius 3 is 3.09 bits per heavy atom. The second kappa shape index (κ2) is 5.35. The maximum Gasteiger partial charge on any atom is 0.291 e. The number of nitrogens with zero attached hydrogens (tertiary/aromatic N) is 4. The molecule has 1 atom stereocenters. The molecule has 2 aromatic heterocycles. The zero-order valence-corrected chi connectivity index (χ0v) is 12.6. The third-order valence-electron chi connectivity index (χ3n) is 3.85. The Bertz CT molecular complexity index is 889. The number of amides is 1. The third-order valence-corrected chi connectivity index (χ3v) is 3.85. The fourth-order valence-electron chi connectivity index (χ4n) is 2.67. The number of rotatable bonds is 2. The van der Waals surface area contributed by atoms with Crippen molar-refractivity contribution in [1.29, 1.82) is 0 Å². The van der Waals surface area contributed by atoms with E-state index in [-0.39, 0.29) is 17.8 Å². The van der Waals surface area contributed by atoms with Crippen molar-refractivity contribution in [3.63, 3.8) is 0 Å². The molecule has 0 aliphatic carbocycles. The minimum atomic E-state index is -0.317. The van der Waals surface area contributed by atoms with Gasteiger partial charge in [-0.15, -0.1) is 5.10 Å². The van der Waals surface area contributed by atoms with E-state index in [0.29, 0.717) is 12.4 Å². The van der Waals surface area contributed by atoms with Gasteiger partial charge in [0.1, 0.15) is 12.4 Å². The number of ether oxygens (including phenoxy) is 1. The first-order chi connectivity index (χ1) is 11.2. The Balaban J connectivity index is 1.52. The van der Waals surface area contributed by atoms with E-state index in [0.717, 1.165) is 23.4 Å². The van der Waals surface area contributed by atoms with E-state index in [1.54, 1.807) is 10.7 Å².